The summed E-state index contributed by atoms with van der Waals surface area (Å²) in [6, 6.07) is 3.69. The van der Waals surface area contributed by atoms with Crippen molar-refractivity contribution in [3.8, 4) is 11.5 Å². The number of benzene rings is 1. The highest BCUT2D eigenvalue weighted by Gasteiger charge is 2.39. The minimum Gasteiger partial charge on any atom is -0.508 e. The van der Waals surface area contributed by atoms with Crippen LogP contribution in [0.3, 0.4) is 0 Å². The summed E-state index contributed by atoms with van der Waals surface area (Å²) >= 11 is 0. The number of morpholine rings is 1. The number of hydrogen-bond donors (Lipinski definition) is 2. The lowest BCUT2D eigenvalue weighted by molar-refractivity contribution is -0.141. The summed E-state index contributed by atoms with van der Waals surface area (Å²) in [7, 11) is 0. The van der Waals surface area contributed by atoms with Gasteiger partial charge in [-0.05, 0) is 67.6 Å². The average molecular weight is 472 g/mol. The fourth-order valence-electron chi connectivity index (χ4n) is 5.88. The van der Waals surface area contributed by atoms with Crippen LogP contribution in [0.25, 0.3) is 0 Å². The van der Waals surface area contributed by atoms with Gasteiger partial charge in [-0.25, -0.2) is 0 Å². The van der Waals surface area contributed by atoms with Gasteiger partial charge in [0.25, 0.3) is 0 Å². The van der Waals surface area contributed by atoms with Gasteiger partial charge in [-0.1, -0.05) is 58.6 Å². The largest absolute Gasteiger partial charge is 0.508 e. The van der Waals surface area contributed by atoms with Crippen molar-refractivity contribution < 1.29 is 19.7 Å². The summed E-state index contributed by atoms with van der Waals surface area (Å²) in [6.07, 6.45) is 8.07. The number of phenols is 2. The first-order chi connectivity index (χ1) is 16.2. The summed E-state index contributed by atoms with van der Waals surface area (Å²) in [5.74, 6) is 0.380. The van der Waals surface area contributed by atoms with Gasteiger partial charge in [0.15, 0.2) is 0 Å². The van der Waals surface area contributed by atoms with Crippen molar-refractivity contribution in [2.24, 2.45) is 11.8 Å². The SMILES string of the molecule is C=C(C)C1CCC(C(=O)N2CCOCC2)CC1c1c(O)cc(C(C)(C)CCCCCC)cc1O. The molecule has 3 rings (SSSR count). The van der Waals surface area contributed by atoms with Gasteiger partial charge in [0.1, 0.15) is 11.5 Å². The number of amides is 1. The molecule has 1 aliphatic carbocycles. The number of hydrogen-bond acceptors (Lipinski definition) is 4. The third-order valence-electron chi connectivity index (χ3n) is 8.10. The van der Waals surface area contributed by atoms with Crippen LogP contribution >= 0.6 is 0 Å². The van der Waals surface area contributed by atoms with Gasteiger partial charge in [0.05, 0.1) is 13.2 Å². The fraction of sp³-hybridized carbons (Fsp3) is 0.690. The van der Waals surface area contributed by atoms with Crippen molar-refractivity contribution >= 4 is 5.91 Å². The molecule has 1 amide bonds. The number of carbonyl (C=O) groups excluding carboxylic acids is 1. The first kappa shape index (κ1) is 26.6. The molecule has 0 aromatic heterocycles. The Hall–Kier alpha value is -2.01. The molecule has 1 heterocycles. The van der Waals surface area contributed by atoms with Gasteiger partial charge in [0, 0.05) is 24.6 Å². The zero-order valence-corrected chi connectivity index (χ0v) is 21.7. The van der Waals surface area contributed by atoms with Crippen molar-refractivity contribution in [3.63, 3.8) is 0 Å². The number of nitrogens with zero attached hydrogens (tertiary/aromatic N) is 1. The highest BCUT2D eigenvalue weighted by atomic mass is 16.5. The lowest BCUT2D eigenvalue weighted by Crippen LogP contribution is -2.45. The smallest absolute Gasteiger partial charge is 0.225 e. The maximum atomic E-state index is 13.2. The predicted molar refractivity (Wildman–Crippen MR) is 137 cm³/mol. The molecule has 1 aromatic rings. The topological polar surface area (TPSA) is 70.0 Å². The Balaban J connectivity index is 1.84. The van der Waals surface area contributed by atoms with E-state index in [2.05, 4.69) is 27.4 Å². The Kier molecular flexibility index (Phi) is 9.08. The van der Waals surface area contributed by atoms with Gasteiger partial charge < -0.3 is 19.8 Å². The third-order valence-corrected chi connectivity index (χ3v) is 8.10. The molecule has 1 saturated heterocycles. The highest BCUT2D eigenvalue weighted by Crippen LogP contribution is 2.50. The Morgan fingerprint density at radius 2 is 1.76 bits per heavy atom. The second-order valence-electron chi connectivity index (χ2n) is 11.1. The van der Waals surface area contributed by atoms with E-state index in [9.17, 15) is 15.0 Å². The van der Waals surface area contributed by atoms with Crippen LogP contribution in [-0.4, -0.2) is 47.3 Å². The highest BCUT2D eigenvalue weighted by molar-refractivity contribution is 5.79. The van der Waals surface area contributed by atoms with Crippen LogP contribution < -0.4 is 0 Å². The van der Waals surface area contributed by atoms with Crippen molar-refractivity contribution in [2.45, 2.75) is 90.4 Å². The lowest BCUT2D eigenvalue weighted by atomic mass is 9.67. The number of carbonyl (C=O) groups is 1. The molecule has 0 bridgehead atoms. The van der Waals surface area contributed by atoms with Crippen LogP contribution in [0.2, 0.25) is 0 Å². The number of aromatic hydroxyl groups is 2. The van der Waals surface area contributed by atoms with Gasteiger partial charge in [-0.3, -0.25) is 4.79 Å². The Morgan fingerprint density at radius 1 is 1.12 bits per heavy atom. The minimum absolute atomic E-state index is 0.104. The fourth-order valence-corrected chi connectivity index (χ4v) is 5.88. The van der Waals surface area contributed by atoms with E-state index in [1.165, 1.54) is 19.3 Å². The second kappa shape index (κ2) is 11.6. The van der Waals surface area contributed by atoms with Crippen LogP contribution in [0.1, 0.15) is 96.1 Å². The number of rotatable bonds is 9. The molecule has 5 heteroatoms. The van der Waals surface area contributed by atoms with Crippen molar-refractivity contribution in [1.82, 2.24) is 4.90 Å². The zero-order chi connectivity index (χ0) is 24.9. The Labute approximate surface area is 206 Å². The van der Waals surface area contributed by atoms with E-state index >= 15 is 0 Å². The minimum atomic E-state index is -0.129. The summed E-state index contributed by atoms with van der Waals surface area (Å²) < 4.78 is 5.41. The Morgan fingerprint density at radius 3 is 2.35 bits per heavy atom. The van der Waals surface area contributed by atoms with Gasteiger partial charge >= 0.3 is 0 Å². The maximum Gasteiger partial charge on any atom is 0.225 e. The first-order valence-electron chi connectivity index (χ1n) is 13.2. The van der Waals surface area contributed by atoms with Crippen molar-refractivity contribution in [2.75, 3.05) is 26.3 Å². The monoisotopic (exact) mass is 471 g/mol. The van der Waals surface area contributed by atoms with Crippen molar-refractivity contribution in [3.05, 3.63) is 35.4 Å². The molecule has 0 spiro atoms. The van der Waals surface area contributed by atoms with Crippen LogP contribution in [0, 0.1) is 11.8 Å². The van der Waals surface area contributed by atoms with Crippen LogP contribution in [-0.2, 0) is 14.9 Å². The van der Waals surface area contributed by atoms with Crippen molar-refractivity contribution in [1.29, 1.82) is 0 Å². The van der Waals surface area contributed by atoms with E-state index in [1.807, 2.05) is 24.0 Å². The lowest BCUT2D eigenvalue weighted by Gasteiger charge is -2.39. The molecule has 3 unspecified atom stereocenters. The normalized spacial score (nSPS) is 23.6. The van der Waals surface area contributed by atoms with E-state index in [0.717, 1.165) is 36.8 Å². The average Bonchev–Trinajstić information content (AvgIpc) is 2.81. The van der Waals surface area contributed by atoms with Crippen LogP contribution in [0.15, 0.2) is 24.3 Å². The molecular formula is C29H45NO4. The summed E-state index contributed by atoms with van der Waals surface area (Å²) in [6.45, 7) is 15.3. The van der Waals surface area contributed by atoms with Crippen LogP contribution in [0.5, 0.6) is 11.5 Å². The molecule has 2 fully saturated rings. The Bertz CT molecular complexity index is 833. The molecule has 1 aromatic carbocycles. The number of phenolic OH excluding ortho intramolecular Hbond substituents is 2. The third kappa shape index (κ3) is 6.16. The first-order valence-corrected chi connectivity index (χ1v) is 13.2. The molecule has 2 aliphatic rings. The number of ether oxygens (including phenoxy) is 1. The second-order valence-corrected chi connectivity index (χ2v) is 11.1. The van der Waals surface area contributed by atoms with E-state index in [0.29, 0.717) is 38.3 Å². The molecule has 3 atom stereocenters. The summed E-state index contributed by atoms with van der Waals surface area (Å²) in [4.78, 5) is 15.1. The van der Waals surface area contributed by atoms with E-state index in [-0.39, 0.29) is 40.6 Å². The molecule has 2 N–H and O–H groups in total. The molecule has 1 saturated carbocycles. The van der Waals surface area contributed by atoms with E-state index in [1.54, 1.807) is 0 Å². The summed E-state index contributed by atoms with van der Waals surface area (Å²) in [5, 5.41) is 22.3. The number of unbranched alkanes of at least 4 members (excludes halogenated alkanes) is 3. The van der Waals surface area contributed by atoms with Gasteiger partial charge in [-0.15, -0.1) is 0 Å². The maximum absolute atomic E-state index is 13.2. The number of allylic oxidation sites excluding steroid dienone is 1. The molecule has 190 valence electrons. The molecule has 5 nitrogen and oxygen atoms in total. The molecule has 34 heavy (non-hydrogen) atoms. The van der Waals surface area contributed by atoms with Gasteiger partial charge in [-0.2, -0.15) is 0 Å². The predicted octanol–water partition coefficient (Wildman–Crippen LogP) is 6.28. The quantitative estimate of drug-likeness (QED) is 0.328. The van der Waals surface area contributed by atoms with E-state index in [4.69, 9.17) is 4.74 Å². The molecule has 1 aliphatic heterocycles. The van der Waals surface area contributed by atoms with E-state index < -0.39 is 0 Å². The van der Waals surface area contributed by atoms with Crippen LogP contribution in [0.4, 0.5) is 0 Å². The standard InChI is InChI=1S/C29H45NO4/c1-6-7-8-9-12-29(4,5)22-18-25(31)27(26(32)19-22)24-17-21(10-11-23(24)20(2)3)28(33)30-13-15-34-16-14-30/h18-19,21,23-24,31-32H,2,6-17H2,1,3-5H3. The van der Waals surface area contributed by atoms with Gasteiger partial charge in [0.2, 0.25) is 5.91 Å². The zero-order valence-electron chi connectivity index (χ0n) is 21.7. The molecule has 0 radical (unpaired) electrons. The summed E-state index contributed by atoms with van der Waals surface area (Å²) in [5.41, 5.74) is 2.46. The molecular weight excluding hydrogens is 426 g/mol.